The van der Waals surface area contributed by atoms with E-state index in [9.17, 15) is 4.79 Å². The quantitative estimate of drug-likeness (QED) is 0.839. The Morgan fingerprint density at radius 3 is 2.61 bits per heavy atom. The molecule has 1 aliphatic rings. The van der Waals surface area contributed by atoms with Gasteiger partial charge in [-0.1, -0.05) is 57.5 Å². The highest BCUT2D eigenvalue weighted by molar-refractivity contribution is 5.98. The largest absolute Gasteiger partial charge is 0.337 e. The number of carbonyl (C=O) groups excluding carboxylic acids is 1. The van der Waals surface area contributed by atoms with Crippen LogP contribution < -0.4 is 0 Å². The summed E-state index contributed by atoms with van der Waals surface area (Å²) < 4.78 is 5.52. The van der Waals surface area contributed by atoms with Gasteiger partial charge in [0.15, 0.2) is 5.82 Å². The van der Waals surface area contributed by atoms with Gasteiger partial charge in [-0.05, 0) is 17.5 Å². The second-order valence-electron chi connectivity index (χ2n) is 6.57. The summed E-state index contributed by atoms with van der Waals surface area (Å²) in [6.45, 7) is 8.90. The maximum Gasteiger partial charge on any atom is 0.255 e. The Morgan fingerprint density at radius 2 is 2.00 bits per heavy atom. The topological polar surface area (TPSA) is 59.2 Å². The number of aromatic nitrogens is 2. The van der Waals surface area contributed by atoms with Crippen molar-refractivity contribution >= 4 is 5.91 Å². The van der Waals surface area contributed by atoms with Crippen LogP contribution in [0.2, 0.25) is 0 Å². The molecule has 5 nitrogen and oxygen atoms in total. The van der Waals surface area contributed by atoms with Gasteiger partial charge in [-0.3, -0.25) is 4.79 Å². The first-order chi connectivity index (χ1) is 11.0. The first-order valence-corrected chi connectivity index (χ1v) is 8.25. The molecule has 0 spiro atoms. The molecule has 0 saturated carbocycles. The smallest absolute Gasteiger partial charge is 0.255 e. The molecule has 2 aromatic rings. The van der Waals surface area contributed by atoms with E-state index in [4.69, 9.17) is 4.52 Å². The van der Waals surface area contributed by atoms with Crippen molar-refractivity contribution in [3.8, 4) is 0 Å². The van der Waals surface area contributed by atoms with Gasteiger partial charge in [0.2, 0.25) is 5.89 Å². The molecule has 0 unspecified atom stereocenters. The SMILES string of the molecule is CC[C@@H](C)[C@@H](c1nc(C(C)C)no1)N1Cc2ccccc2C1=O. The van der Waals surface area contributed by atoms with Crippen LogP contribution in [-0.2, 0) is 6.54 Å². The van der Waals surface area contributed by atoms with Crippen molar-refractivity contribution in [3.63, 3.8) is 0 Å². The molecule has 1 aromatic heterocycles. The molecular weight excluding hydrogens is 290 g/mol. The minimum Gasteiger partial charge on any atom is -0.337 e. The third-order valence-corrected chi connectivity index (χ3v) is 4.59. The molecule has 1 aromatic carbocycles. The molecule has 3 rings (SSSR count). The summed E-state index contributed by atoms with van der Waals surface area (Å²) in [5, 5.41) is 4.07. The van der Waals surface area contributed by atoms with Gasteiger partial charge >= 0.3 is 0 Å². The number of fused-ring (bicyclic) bond motifs is 1. The van der Waals surface area contributed by atoms with E-state index in [-0.39, 0.29) is 23.8 Å². The minimum absolute atomic E-state index is 0.0511. The molecule has 0 aliphatic carbocycles. The fourth-order valence-electron chi connectivity index (χ4n) is 3.01. The van der Waals surface area contributed by atoms with Crippen LogP contribution in [-0.4, -0.2) is 20.9 Å². The van der Waals surface area contributed by atoms with Gasteiger partial charge in [0.05, 0.1) is 0 Å². The van der Waals surface area contributed by atoms with Crippen LogP contribution in [0.25, 0.3) is 0 Å². The number of rotatable bonds is 5. The second-order valence-corrected chi connectivity index (χ2v) is 6.57. The summed E-state index contributed by atoms with van der Waals surface area (Å²) in [5.74, 6) is 1.74. The molecule has 0 bridgehead atoms. The van der Waals surface area contributed by atoms with Gasteiger partial charge in [-0.25, -0.2) is 0 Å². The van der Waals surface area contributed by atoms with Crippen LogP contribution >= 0.6 is 0 Å². The normalized spacial score (nSPS) is 16.7. The Labute approximate surface area is 136 Å². The maximum atomic E-state index is 12.8. The van der Waals surface area contributed by atoms with E-state index in [1.807, 2.05) is 43.0 Å². The van der Waals surface area contributed by atoms with Gasteiger partial charge in [-0.15, -0.1) is 0 Å². The third-order valence-electron chi connectivity index (χ3n) is 4.59. The van der Waals surface area contributed by atoms with E-state index in [0.717, 1.165) is 17.5 Å². The van der Waals surface area contributed by atoms with E-state index in [1.54, 1.807) is 0 Å². The summed E-state index contributed by atoms with van der Waals surface area (Å²) in [6.07, 6.45) is 0.935. The highest BCUT2D eigenvalue weighted by atomic mass is 16.5. The standard InChI is InChI=1S/C18H23N3O2/c1-5-12(4)15(17-19-16(11(2)3)20-23-17)21-10-13-8-6-7-9-14(13)18(21)22/h6-9,11-12,15H,5,10H2,1-4H3/t12-,15+/m1/s1. The van der Waals surface area contributed by atoms with Crippen LogP contribution in [0, 0.1) is 5.92 Å². The first-order valence-electron chi connectivity index (χ1n) is 8.25. The number of hydrogen-bond acceptors (Lipinski definition) is 4. The van der Waals surface area contributed by atoms with E-state index < -0.39 is 0 Å². The van der Waals surface area contributed by atoms with E-state index in [0.29, 0.717) is 18.3 Å². The first kappa shape index (κ1) is 15.7. The fourth-order valence-corrected chi connectivity index (χ4v) is 3.01. The number of hydrogen-bond donors (Lipinski definition) is 0. The molecule has 2 heterocycles. The molecule has 122 valence electrons. The second kappa shape index (κ2) is 6.14. The lowest BCUT2D eigenvalue weighted by Crippen LogP contribution is -2.33. The summed E-state index contributed by atoms with van der Waals surface area (Å²) in [7, 11) is 0. The number of nitrogens with zero attached hydrogens (tertiary/aromatic N) is 3. The van der Waals surface area contributed by atoms with Crippen LogP contribution in [0.5, 0.6) is 0 Å². The summed E-state index contributed by atoms with van der Waals surface area (Å²) in [4.78, 5) is 19.2. The van der Waals surface area contributed by atoms with Crippen molar-refractivity contribution in [2.45, 2.75) is 52.6 Å². The highest BCUT2D eigenvalue weighted by Crippen LogP contribution is 2.36. The van der Waals surface area contributed by atoms with Crippen LogP contribution in [0.15, 0.2) is 28.8 Å². The van der Waals surface area contributed by atoms with Crippen LogP contribution in [0.3, 0.4) is 0 Å². The number of benzene rings is 1. The highest BCUT2D eigenvalue weighted by Gasteiger charge is 2.38. The zero-order valence-electron chi connectivity index (χ0n) is 14.1. The molecule has 0 N–H and O–H groups in total. The Bertz CT molecular complexity index is 708. The lowest BCUT2D eigenvalue weighted by atomic mass is 9.97. The third kappa shape index (κ3) is 2.76. The monoisotopic (exact) mass is 313 g/mol. The van der Waals surface area contributed by atoms with Crippen molar-refractivity contribution in [1.29, 1.82) is 0 Å². The van der Waals surface area contributed by atoms with E-state index in [2.05, 4.69) is 24.0 Å². The molecule has 0 saturated heterocycles. The molecular formula is C18H23N3O2. The van der Waals surface area contributed by atoms with Crippen molar-refractivity contribution in [3.05, 3.63) is 47.1 Å². The molecule has 2 atom stereocenters. The number of amides is 1. The zero-order chi connectivity index (χ0) is 16.6. The summed E-state index contributed by atoms with van der Waals surface area (Å²) >= 11 is 0. The van der Waals surface area contributed by atoms with E-state index >= 15 is 0 Å². The molecule has 23 heavy (non-hydrogen) atoms. The van der Waals surface area contributed by atoms with Gasteiger partial charge in [0, 0.05) is 18.0 Å². The molecule has 0 radical (unpaired) electrons. The van der Waals surface area contributed by atoms with Crippen LogP contribution in [0.4, 0.5) is 0 Å². The molecule has 5 heteroatoms. The predicted molar refractivity (Wildman–Crippen MR) is 86.9 cm³/mol. The average Bonchev–Trinajstić information content (AvgIpc) is 3.14. The van der Waals surface area contributed by atoms with Crippen molar-refractivity contribution in [2.75, 3.05) is 0 Å². The zero-order valence-corrected chi connectivity index (χ0v) is 14.1. The van der Waals surface area contributed by atoms with Gasteiger partial charge in [0.1, 0.15) is 6.04 Å². The lowest BCUT2D eigenvalue weighted by Gasteiger charge is -2.29. The Hall–Kier alpha value is -2.17. The van der Waals surface area contributed by atoms with Crippen molar-refractivity contribution < 1.29 is 9.32 Å². The Balaban J connectivity index is 1.96. The average molecular weight is 313 g/mol. The summed E-state index contributed by atoms with van der Waals surface area (Å²) in [6, 6.07) is 7.59. The maximum absolute atomic E-state index is 12.8. The summed E-state index contributed by atoms with van der Waals surface area (Å²) in [5.41, 5.74) is 1.85. The Kier molecular flexibility index (Phi) is 4.20. The van der Waals surface area contributed by atoms with Crippen LogP contribution in [0.1, 0.15) is 73.7 Å². The van der Waals surface area contributed by atoms with Crippen molar-refractivity contribution in [2.24, 2.45) is 5.92 Å². The molecule has 1 aliphatic heterocycles. The Morgan fingerprint density at radius 1 is 1.26 bits per heavy atom. The molecule has 1 amide bonds. The van der Waals surface area contributed by atoms with Crippen molar-refractivity contribution in [1.82, 2.24) is 15.0 Å². The predicted octanol–water partition coefficient (Wildman–Crippen LogP) is 3.94. The van der Waals surface area contributed by atoms with Gasteiger partial charge in [0.25, 0.3) is 5.91 Å². The minimum atomic E-state index is -0.181. The van der Waals surface area contributed by atoms with E-state index in [1.165, 1.54) is 0 Å². The van der Waals surface area contributed by atoms with Gasteiger partial charge in [-0.2, -0.15) is 4.98 Å². The lowest BCUT2D eigenvalue weighted by molar-refractivity contribution is 0.0578. The van der Waals surface area contributed by atoms with Gasteiger partial charge < -0.3 is 9.42 Å². The molecule has 0 fully saturated rings. The fraction of sp³-hybridized carbons (Fsp3) is 0.500. The number of carbonyl (C=O) groups is 1.